The van der Waals surface area contributed by atoms with E-state index in [1.54, 1.807) is 31.4 Å². The van der Waals surface area contributed by atoms with Gasteiger partial charge in [-0.05, 0) is 37.6 Å². The Balaban J connectivity index is 2.08. The van der Waals surface area contributed by atoms with E-state index in [2.05, 4.69) is 10.5 Å². The summed E-state index contributed by atoms with van der Waals surface area (Å²) >= 11 is 0. The summed E-state index contributed by atoms with van der Waals surface area (Å²) in [6.07, 6.45) is 0. The fourth-order valence-corrected chi connectivity index (χ4v) is 1.82. The Bertz CT molecular complexity index is 661. The average molecular weight is 282 g/mol. The highest BCUT2D eigenvalue weighted by Gasteiger charge is 2.06. The molecule has 2 aromatic rings. The van der Waals surface area contributed by atoms with Crippen LogP contribution in [0.1, 0.15) is 28.4 Å². The zero-order valence-corrected chi connectivity index (χ0v) is 12.4. The number of hydrogen-bond acceptors (Lipinski definition) is 3. The zero-order chi connectivity index (χ0) is 15.2. The lowest BCUT2D eigenvalue weighted by molar-refractivity contribution is 0.0954. The van der Waals surface area contributed by atoms with E-state index in [0.29, 0.717) is 11.3 Å². The monoisotopic (exact) mass is 282 g/mol. The first-order valence-corrected chi connectivity index (χ1v) is 6.66. The number of amides is 1. The van der Waals surface area contributed by atoms with Crippen LogP contribution in [0.3, 0.4) is 0 Å². The molecule has 1 N–H and O–H groups in total. The van der Waals surface area contributed by atoms with Crippen molar-refractivity contribution in [3.8, 4) is 5.75 Å². The second-order valence-electron chi connectivity index (χ2n) is 4.74. The third-order valence-corrected chi connectivity index (χ3v) is 3.13. The lowest BCUT2D eigenvalue weighted by Crippen LogP contribution is -2.19. The summed E-state index contributed by atoms with van der Waals surface area (Å²) in [6, 6.07) is 14.9. The summed E-state index contributed by atoms with van der Waals surface area (Å²) in [5, 5.41) is 4.13. The molecule has 0 unspecified atom stereocenters. The molecule has 108 valence electrons. The predicted octanol–water partition coefficient (Wildman–Crippen LogP) is 3.16. The Morgan fingerprint density at radius 1 is 1.10 bits per heavy atom. The van der Waals surface area contributed by atoms with Gasteiger partial charge < -0.3 is 4.74 Å². The van der Waals surface area contributed by atoms with E-state index in [1.807, 2.05) is 38.1 Å². The minimum atomic E-state index is -0.264. The minimum Gasteiger partial charge on any atom is -0.497 e. The highest BCUT2D eigenvalue weighted by atomic mass is 16.5. The highest BCUT2D eigenvalue weighted by Crippen LogP contribution is 2.12. The van der Waals surface area contributed by atoms with Gasteiger partial charge in [-0.2, -0.15) is 5.10 Å². The lowest BCUT2D eigenvalue weighted by atomic mass is 10.1. The molecule has 0 fully saturated rings. The van der Waals surface area contributed by atoms with Gasteiger partial charge in [0.25, 0.3) is 5.91 Å². The van der Waals surface area contributed by atoms with Crippen LogP contribution in [-0.4, -0.2) is 18.7 Å². The molecule has 21 heavy (non-hydrogen) atoms. The van der Waals surface area contributed by atoms with Gasteiger partial charge in [0, 0.05) is 5.56 Å². The van der Waals surface area contributed by atoms with E-state index < -0.39 is 0 Å². The van der Waals surface area contributed by atoms with Gasteiger partial charge in [0.05, 0.1) is 12.8 Å². The van der Waals surface area contributed by atoms with E-state index in [9.17, 15) is 4.79 Å². The maximum absolute atomic E-state index is 12.0. The van der Waals surface area contributed by atoms with Crippen LogP contribution in [0.2, 0.25) is 0 Å². The molecule has 4 heteroatoms. The van der Waals surface area contributed by atoms with Crippen molar-refractivity contribution in [2.45, 2.75) is 13.8 Å². The van der Waals surface area contributed by atoms with Gasteiger partial charge in [-0.25, -0.2) is 5.43 Å². The Morgan fingerprint density at radius 2 is 1.81 bits per heavy atom. The van der Waals surface area contributed by atoms with Gasteiger partial charge in [0.2, 0.25) is 0 Å². The lowest BCUT2D eigenvalue weighted by Gasteiger charge is -2.05. The summed E-state index contributed by atoms with van der Waals surface area (Å²) in [4.78, 5) is 12.0. The summed E-state index contributed by atoms with van der Waals surface area (Å²) in [5.74, 6) is 0.377. The molecule has 2 aromatic carbocycles. The van der Waals surface area contributed by atoms with Crippen LogP contribution in [0.15, 0.2) is 53.6 Å². The molecule has 4 nitrogen and oxygen atoms in total. The Kier molecular flexibility index (Phi) is 4.72. The summed E-state index contributed by atoms with van der Waals surface area (Å²) in [5.41, 5.74) is 5.99. The van der Waals surface area contributed by atoms with Crippen LogP contribution < -0.4 is 10.2 Å². The van der Waals surface area contributed by atoms with E-state index in [-0.39, 0.29) is 5.91 Å². The third-order valence-electron chi connectivity index (χ3n) is 3.13. The number of aryl methyl sites for hydroxylation is 1. The Hall–Kier alpha value is -2.62. The Morgan fingerprint density at radius 3 is 2.48 bits per heavy atom. The molecule has 0 aromatic heterocycles. The number of benzene rings is 2. The number of carbonyl (C=O) groups is 1. The molecule has 0 spiro atoms. The molecule has 0 saturated carbocycles. The molecule has 0 heterocycles. The standard InChI is InChI=1S/C17H18N2O2/c1-12-7-9-14(10-8-12)13(2)18-19-17(20)15-5-4-6-16(11-15)21-3/h4-11H,1-3H3,(H,19,20)/b18-13+. The molecule has 2 rings (SSSR count). The number of nitrogens with one attached hydrogen (secondary N) is 1. The summed E-state index contributed by atoms with van der Waals surface area (Å²) in [7, 11) is 1.57. The highest BCUT2D eigenvalue weighted by molar-refractivity contribution is 6.00. The second kappa shape index (κ2) is 6.70. The van der Waals surface area contributed by atoms with E-state index in [1.165, 1.54) is 5.56 Å². The number of methoxy groups -OCH3 is 1. The second-order valence-corrected chi connectivity index (χ2v) is 4.74. The first kappa shape index (κ1) is 14.8. The first-order valence-electron chi connectivity index (χ1n) is 6.66. The SMILES string of the molecule is COc1cccc(C(=O)N/N=C(\C)c2ccc(C)cc2)c1. The zero-order valence-electron chi connectivity index (χ0n) is 12.4. The largest absolute Gasteiger partial charge is 0.497 e. The minimum absolute atomic E-state index is 0.264. The normalized spacial score (nSPS) is 11.1. The van der Waals surface area contributed by atoms with Crippen LogP contribution in [0.5, 0.6) is 5.75 Å². The molecule has 0 aliphatic rings. The van der Waals surface area contributed by atoms with Crippen molar-refractivity contribution in [1.29, 1.82) is 0 Å². The van der Waals surface area contributed by atoms with Crippen molar-refractivity contribution in [2.24, 2.45) is 5.10 Å². The van der Waals surface area contributed by atoms with Gasteiger partial charge >= 0.3 is 0 Å². The average Bonchev–Trinajstić information content (AvgIpc) is 2.53. The van der Waals surface area contributed by atoms with Gasteiger partial charge in [-0.15, -0.1) is 0 Å². The van der Waals surface area contributed by atoms with Crippen molar-refractivity contribution < 1.29 is 9.53 Å². The fraction of sp³-hybridized carbons (Fsp3) is 0.176. The van der Waals surface area contributed by atoms with Crippen molar-refractivity contribution in [1.82, 2.24) is 5.43 Å². The predicted molar refractivity (Wildman–Crippen MR) is 83.9 cm³/mol. The smallest absolute Gasteiger partial charge is 0.271 e. The number of ether oxygens (including phenoxy) is 1. The number of hydrazone groups is 1. The van der Waals surface area contributed by atoms with Gasteiger partial charge in [-0.1, -0.05) is 35.9 Å². The van der Waals surface area contributed by atoms with Gasteiger partial charge in [-0.3, -0.25) is 4.79 Å². The van der Waals surface area contributed by atoms with Crippen LogP contribution >= 0.6 is 0 Å². The number of rotatable bonds is 4. The first-order chi connectivity index (χ1) is 10.1. The van der Waals surface area contributed by atoms with E-state index >= 15 is 0 Å². The molecular formula is C17H18N2O2. The van der Waals surface area contributed by atoms with Crippen LogP contribution in [0.4, 0.5) is 0 Å². The van der Waals surface area contributed by atoms with Crippen molar-refractivity contribution in [3.05, 3.63) is 65.2 Å². The molecule has 0 radical (unpaired) electrons. The molecule has 1 amide bonds. The number of carbonyl (C=O) groups excluding carboxylic acids is 1. The van der Waals surface area contributed by atoms with Crippen LogP contribution in [-0.2, 0) is 0 Å². The van der Waals surface area contributed by atoms with Gasteiger partial charge in [0.1, 0.15) is 5.75 Å². The van der Waals surface area contributed by atoms with Crippen LogP contribution in [0, 0.1) is 6.92 Å². The molecule has 0 bridgehead atoms. The van der Waals surface area contributed by atoms with E-state index in [0.717, 1.165) is 11.3 Å². The summed E-state index contributed by atoms with van der Waals surface area (Å²) in [6.45, 7) is 3.89. The Labute approximate surface area is 124 Å². The molecule has 0 atom stereocenters. The van der Waals surface area contributed by atoms with Crippen molar-refractivity contribution in [2.75, 3.05) is 7.11 Å². The van der Waals surface area contributed by atoms with Crippen LogP contribution in [0.25, 0.3) is 0 Å². The summed E-state index contributed by atoms with van der Waals surface area (Å²) < 4.78 is 5.10. The fourth-order valence-electron chi connectivity index (χ4n) is 1.82. The van der Waals surface area contributed by atoms with Crippen molar-refractivity contribution >= 4 is 11.6 Å². The number of nitrogens with zero attached hydrogens (tertiary/aromatic N) is 1. The van der Waals surface area contributed by atoms with E-state index in [4.69, 9.17) is 4.74 Å². The van der Waals surface area contributed by atoms with Gasteiger partial charge in [0.15, 0.2) is 0 Å². The quantitative estimate of drug-likeness (QED) is 0.691. The maximum Gasteiger partial charge on any atom is 0.271 e. The molecule has 0 aliphatic carbocycles. The number of hydrogen-bond donors (Lipinski definition) is 1. The maximum atomic E-state index is 12.0. The molecule has 0 aliphatic heterocycles. The van der Waals surface area contributed by atoms with Crippen molar-refractivity contribution in [3.63, 3.8) is 0 Å². The third kappa shape index (κ3) is 3.92. The molecular weight excluding hydrogens is 264 g/mol. The topological polar surface area (TPSA) is 50.7 Å². The molecule has 0 saturated heterocycles.